The van der Waals surface area contributed by atoms with Crippen LogP contribution in [0.1, 0.15) is 21.6 Å². The second kappa shape index (κ2) is 11.2. The summed E-state index contributed by atoms with van der Waals surface area (Å²) >= 11 is 0. The zero-order valence-corrected chi connectivity index (χ0v) is 21.9. The summed E-state index contributed by atoms with van der Waals surface area (Å²) in [5.74, 6) is 0.388. The molecule has 2 N–H and O–H groups in total. The number of carbonyl (C=O) groups is 1. The van der Waals surface area contributed by atoms with Crippen molar-refractivity contribution >= 4 is 27.4 Å². The maximum atomic E-state index is 12.8. The molecule has 0 saturated heterocycles. The predicted octanol–water partition coefficient (Wildman–Crippen LogP) is 3.40. The molecule has 198 valence electrons. The number of carbonyl (C=O) groups excluding carboxylic acids is 1. The molecule has 0 spiro atoms. The first-order valence-corrected chi connectivity index (χ1v) is 12.8. The highest BCUT2D eigenvalue weighted by Gasteiger charge is 2.18. The molecule has 0 saturated carbocycles. The number of amides is 1. The molecule has 2 heterocycles. The van der Waals surface area contributed by atoms with Gasteiger partial charge in [-0.3, -0.25) is 9.52 Å². The molecular weight excluding hydrogens is 512 g/mol. The number of aromatic nitrogens is 4. The third kappa shape index (κ3) is 6.37. The van der Waals surface area contributed by atoms with Crippen LogP contribution >= 0.6 is 0 Å². The standard InChI is InChI=1S/C25H26N6O6S/c1-16-5-10-21(17(2)13-16)37-15-31-12-11-20(29-31)24(32)26-18-6-8-19(9-7-18)38(33,34)30-22-14-23(35-3)28-25(27-22)36-4/h5-14H,15H2,1-4H3,(H,26,32)(H,27,28,30). The average molecular weight is 539 g/mol. The van der Waals surface area contributed by atoms with Gasteiger partial charge in [0.05, 0.1) is 19.1 Å². The van der Waals surface area contributed by atoms with Crippen molar-refractivity contribution in [3.8, 4) is 17.6 Å². The van der Waals surface area contributed by atoms with Gasteiger partial charge in [-0.25, -0.2) is 13.1 Å². The molecule has 0 fully saturated rings. The lowest BCUT2D eigenvalue weighted by atomic mass is 10.1. The van der Waals surface area contributed by atoms with Crippen LogP contribution in [0.2, 0.25) is 0 Å². The van der Waals surface area contributed by atoms with Crippen molar-refractivity contribution in [3.05, 3.63) is 77.6 Å². The largest absolute Gasteiger partial charge is 0.481 e. The van der Waals surface area contributed by atoms with Gasteiger partial charge >= 0.3 is 6.01 Å². The van der Waals surface area contributed by atoms with Crippen LogP contribution in [0.3, 0.4) is 0 Å². The van der Waals surface area contributed by atoms with E-state index in [0.717, 1.165) is 16.9 Å². The topological polar surface area (TPSA) is 147 Å². The van der Waals surface area contributed by atoms with Gasteiger partial charge in [-0.05, 0) is 55.8 Å². The lowest BCUT2D eigenvalue weighted by Crippen LogP contribution is -2.16. The Labute approximate surface area is 219 Å². The van der Waals surface area contributed by atoms with Gasteiger partial charge in [0.25, 0.3) is 15.9 Å². The number of sulfonamides is 1. The van der Waals surface area contributed by atoms with Crippen molar-refractivity contribution in [1.82, 2.24) is 19.7 Å². The number of benzene rings is 2. The minimum Gasteiger partial charge on any atom is -0.481 e. The van der Waals surface area contributed by atoms with E-state index in [1.165, 1.54) is 49.2 Å². The molecule has 4 aromatic rings. The molecule has 0 aliphatic rings. The Morgan fingerprint density at radius 3 is 2.42 bits per heavy atom. The highest BCUT2D eigenvalue weighted by atomic mass is 32.2. The van der Waals surface area contributed by atoms with Gasteiger partial charge in [-0.1, -0.05) is 17.7 Å². The average Bonchev–Trinajstić information content (AvgIpc) is 3.37. The molecule has 38 heavy (non-hydrogen) atoms. The predicted molar refractivity (Wildman–Crippen MR) is 139 cm³/mol. The van der Waals surface area contributed by atoms with Crippen LogP contribution in [0.5, 0.6) is 17.6 Å². The normalized spacial score (nSPS) is 11.1. The first kappa shape index (κ1) is 26.4. The van der Waals surface area contributed by atoms with E-state index in [0.29, 0.717) is 5.69 Å². The lowest BCUT2D eigenvalue weighted by Gasteiger charge is -2.10. The van der Waals surface area contributed by atoms with E-state index in [-0.39, 0.29) is 35.0 Å². The molecule has 13 heteroatoms. The van der Waals surface area contributed by atoms with E-state index in [1.54, 1.807) is 12.3 Å². The van der Waals surface area contributed by atoms with Gasteiger partial charge in [0.1, 0.15) is 5.75 Å². The highest BCUT2D eigenvalue weighted by Crippen LogP contribution is 2.22. The maximum Gasteiger partial charge on any atom is 0.321 e. The van der Waals surface area contributed by atoms with Gasteiger partial charge in [-0.2, -0.15) is 15.1 Å². The SMILES string of the molecule is COc1cc(NS(=O)(=O)c2ccc(NC(=O)c3ccn(COc4ccc(C)cc4C)n3)cc2)nc(OC)n1. The van der Waals surface area contributed by atoms with Gasteiger partial charge in [-0.15, -0.1) is 0 Å². The summed E-state index contributed by atoms with van der Waals surface area (Å²) in [5, 5.41) is 6.94. The second-order valence-corrected chi connectivity index (χ2v) is 9.83. The van der Waals surface area contributed by atoms with Gasteiger partial charge in [0, 0.05) is 18.0 Å². The summed E-state index contributed by atoms with van der Waals surface area (Å²) < 4.78 is 45.2. The lowest BCUT2D eigenvalue weighted by molar-refractivity contribution is 0.102. The van der Waals surface area contributed by atoms with Crippen LogP contribution in [-0.4, -0.2) is 48.3 Å². The number of aryl methyl sites for hydroxylation is 2. The van der Waals surface area contributed by atoms with E-state index < -0.39 is 15.9 Å². The molecular formula is C25H26N6O6S. The third-order valence-electron chi connectivity index (χ3n) is 5.29. The summed E-state index contributed by atoms with van der Waals surface area (Å²) in [6, 6.07) is 14.3. The minimum absolute atomic E-state index is 0.0248. The molecule has 2 aromatic heterocycles. The molecule has 0 aliphatic carbocycles. The van der Waals surface area contributed by atoms with Gasteiger partial charge in [0.2, 0.25) is 5.88 Å². The quantitative estimate of drug-likeness (QED) is 0.310. The van der Waals surface area contributed by atoms with Crippen LogP contribution < -0.4 is 24.2 Å². The Morgan fingerprint density at radius 2 is 1.74 bits per heavy atom. The molecule has 0 aliphatic heterocycles. The second-order valence-electron chi connectivity index (χ2n) is 8.15. The molecule has 0 bridgehead atoms. The number of hydrogen-bond acceptors (Lipinski definition) is 9. The molecule has 0 atom stereocenters. The monoisotopic (exact) mass is 538 g/mol. The third-order valence-corrected chi connectivity index (χ3v) is 6.66. The van der Waals surface area contributed by atoms with Crippen molar-refractivity contribution in [2.45, 2.75) is 25.5 Å². The van der Waals surface area contributed by atoms with Crippen molar-refractivity contribution < 1.29 is 27.4 Å². The Balaban J connectivity index is 1.38. The van der Waals surface area contributed by atoms with Crippen LogP contribution in [0, 0.1) is 13.8 Å². The maximum absolute atomic E-state index is 12.8. The number of ether oxygens (including phenoxy) is 3. The summed E-state index contributed by atoms with van der Waals surface area (Å²) in [6.07, 6.45) is 1.64. The number of nitrogens with one attached hydrogen (secondary N) is 2. The molecule has 12 nitrogen and oxygen atoms in total. The smallest absolute Gasteiger partial charge is 0.321 e. The van der Waals surface area contributed by atoms with E-state index in [4.69, 9.17) is 14.2 Å². The summed E-state index contributed by atoms with van der Waals surface area (Å²) in [7, 11) is -1.25. The number of methoxy groups -OCH3 is 2. The number of nitrogens with zero attached hydrogens (tertiary/aromatic N) is 4. The summed E-state index contributed by atoms with van der Waals surface area (Å²) in [6.45, 7) is 4.11. The number of hydrogen-bond donors (Lipinski definition) is 2. The number of anilines is 2. The minimum atomic E-state index is -3.99. The fourth-order valence-corrected chi connectivity index (χ4v) is 4.40. The van der Waals surface area contributed by atoms with E-state index in [2.05, 4.69) is 25.1 Å². The zero-order chi connectivity index (χ0) is 27.3. The Kier molecular flexibility index (Phi) is 7.76. The van der Waals surface area contributed by atoms with Crippen molar-refractivity contribution in [2.75, 3.05) is 24.3 Å². The first-order valence-electron chi connectivity index (χ1n) is 11.3. The van der Waals surface area contributed by atoms with Crippen LogP contribution in [0.15, 0.2) is 65.7 Å². The Hall–Kier alpha value is -4.65. The molecule has 2 aromatic carbocycles. The fraction of sp³-hybridized carbons (Fsp3) is 0.200. The zero-order valence-electron chi connectivity index (χ0n) is 21.1. The molecule has 0 radical (unpaired) electrons. The van der Waals surface area contributed by atoms with Crippen LogP contribution in [0.25, 0.3) is 0 Å². The van der Waals surface area contributed by atoms with E-state index >= 15 is 0 Å². The summed E-state index contributed by atoms with van der Waals surface area (Å²) in [5.41, 5.74) is 2.72. The van der Waals surface area contributed by atoms with Crippen LogP contribution in [0.4, 0.5) is 11.5 Å². The fourth-order valence-electron chi connectivity index (χ4n) is 3.41. The molecule has 0 unspecified atom stereocenters. The Morgan fingerprint density at radius 1 is 0.974 bits per heavy atom. The highest BCUT2D eigenvalue weighted by molar-refractivity contribution is 7.92. The Bertz CT molecular complexity index is 1530. The molecule has 1 amide bonds. The van der Waals surface area contributed by atoms with E-state index in [9.17, 15) is 13.2 Å². The van der Waals surface area contributed by atoms with E-state index in [1.807, 2.05) is 32.0 Å². The van der Waals surface area contributed by atoms with Gasteiger partial charge in [0.15, 0.2) is 18.2 Å². The van der Waals surface area contributed by atoms with Crippen molar-refractivity contribution in [2.24, 2.45) is 0 Å². The first-order chi connectivity index (χ1) is 18.2. The van der Waals surface area contributed by atoms with Crippen molar-refractivity contribution in [3.63, 3.8) is 0 Å². The summed E-state index contributed by atoms with van der Waals surface area (Å²) in [4.78, 5) is 20.5. The number of rotatable bonds is 10. The van der Waals surface area contributed by atoms with Crippen molar-refractivity contribution in [1.29, 1.82) is 0 Å². The van der Waals surface area contributed by atoms with Crippen LogP contribution in [-0.2, 0) is 16.8 Å². The van der Waals surface area contributed by atoms with Gasteiger partial charge < -0.3 is 19.5 Å². The molecule has 4 rings (SSSR count).